The van der Waals surface area contributed by atoms with Crippen molar-refractivity contribution >= 4 is 40.4 Å². The maximum atomic E-state index is 13.3. The van der Waals surface area contributed by atoms with E-state index >= 15 is 0 Å². The first kappa shape index (κ1) is 37.3. The van der Waals surface area contributed by atoms with Gasteiger partial charge in [-0.15, -0.1) is 6.54 Å². The molecule has 7 rings (SSSR count). The molecule has 1 amide bonds. The van der Waals surface area contributed by atoms with Crippen molar-refractivity contribution < 1.29 is 26.6 Å². The summed E-state index contributed by atoms with van der Waals surface area (Å²) in [7, 11) is 4.79. The molecular weight excluding hydrogens is 721 g/mol. The van der Waals surface area contributed by atoms with Gasteiger partial charge in [-0.25, -0.2) is 14.8 Å². The molecular formula is C39H40ClMnN7O4. The standard InChI is InChI=1S/C39H40ClN7O4.Mn/c1-22-18-32-34(38(49)46(4)39(50)45(32)3)36(42-22)43-29-11-7-8-26(23(29)2)27-9-6-10-28(35(27)40)30-19-25-12-13-31(33(25)37(44-30)51-5)47-17-15-24(20-47)14-16-41-21-48;/h6-11,18-19,31H,12-17,20H2,1-5H3,(H,41,48)(H,42,43);/q-2;+2. The molecule has 1 radical (unpaired) electrons. The molecule has 0 saturated carbocycles. The average Bonchev–Trinajstić information content (AvgIpc) is 3.78. The molecule has 1 aliphatic heterocycles. The second-order valence-corrected chi connectivity index (χ2v) is 13.8. The normalized spacial score (nSPS) is 15.8. The summed E-state index contributed by atoms with van der Waals surface area (Å²) in [5.74, 6) is 2.44. The summed E-state index contributed by atoms with van der Waals surface area (Å²) in [6.07, 6.45) is 5.57. The van der Waals surface area contributed by atoms with Gasteiger partial charge in [0.1, 0.15) is 11.2 Å². The number of benzene rings is 2. The molecule has 5 aromatic rings. The first-order chi connectivity index (χ1) is 24.6. The molecule has 4 heterocycles. The molecule has 1 fully saturated rings. The van der Waals surface area contributed by atoms with Crippen LogP contribution in [0.15, 0.2) is 58.1 Å². The molecule has 2 aliphatic rings. The van der Waals surface area contributed by atoms with Crippen molar-refractivity contribution in [1.82, 2.24) is 29.3 Å². The molecule has 1 saturated heterocycles. The molecule has 2 N–H and O–H groups in total. The molecule has 1 atom stereocenters. The van der Waals surface area contributed by atoms with Crippen molar-refractivity contribution in [3.63, 3.8) is 0 Å². The van der Waals surface area contributed by atoms with Gasteiger partial charge in [0, 0.05) is 48.2 Å². The molecule has 3 aromatic heterocycles. The van der Waals surface area contributed by atoms with E-state index < -0.39 is 11.2 Å². The minimum atomic E-state index is -0.415. The fourth-order valence-corrected chi connectivity index (χ4v) is 8.01. The van der Waals surface area contributed by atoms with Crippen molar-refractivity contribution in [2.45, 2.75) is 45.6 Å². The van der Waals surface area contributed by atoms with Crippen molar-refractivity contribution in [2.75, 3.05) is 32.1 Å². The van der Waals surface area contributed by atoms with E-state index in [1.54, 1.807) is 26.6 Å². The first-order valence-electron chi connectivity index (χ1n) is 17.1. The van der Waals surface area contributed by atoms with E-state index in [9.17, 15) is 14.4 Å². The molecule has 2 aromatic carbocycles. The summed E-state index contributed by atoms with van der Waals surface area (Å²) in [6, 6.07) is 16.0. The average molecular weight is 761 g/mol. The van der Waals surface area contributed by atoms with Gasteiger partial charge >= 0.3 is 22.8 Å². The number of aryl methyl sites for hydroxylation is 3. The number of nitrogens with one attached hydrogen (secondary N) is 2. The number of aromatic nitrogens is 4. The number of hydrogen-bond acceptors (Lipinski definition) is 8. The van der Waals surface area contributed by atoms with E-state index in [4.69, 9.17) is 21.3 Å². The number of amides is 1. The van der Waals surface area contributed by atoms with Gasteiger partial charge in [0.05, 0.1) is 23.3 Å². The van der Waals surface area contributed by atoms with Gasteiger partial charge in [0.25, 0.3) is 5.56 Å². The van der Waals surface area contributed by atoms with E-state index in [-0.39, 0.29) is 23.1 Å². The maximum Gasteiger partial charge on any atom is 2.00 e. The van der Waals surface area contributed by atoms with Crippen molar-refractivity contribution in [3.8, 4) is 28.3 Å². The Kier molecular flexibility index (Phi) is 10.9. The number of nitrogens with zero attached hydrogens (tertiary/aromatic N) is 5. The fraction of sp³-hybridized carbons (Fsp3) is 0.333. The van der Waals surface area contributed by atoms with Crippen molar-refractivity contribution in [3.05, 3.63) is 103 Å². The van der Waals surface area contributed by atoms with Crippen LogP contribution in [0.3, 0.4) is 0 Å². The molecule has 52 heavy (non-hydrogen) atoms. The largest absolute Gasteiger partial charge is 2.00 e. The Hall–Kier alpha value is -4.48. The number of methoxy groups -OCH3 is 1. The minimum Gasteiger partial charge on any atom is -0.532 e. The van der Waals surface area contributed by atoms with Gasteiger partial charge < -0.3 is 25.1 Å². The van der Waals surface area contributed by atoms with Crippen LogP contribution in [0.4, 0.5) is 11.5 Å². The maximum absolute atomic E-state index is 13.3. The molecule has 0 spiro atoms. The van der Waals surface area contributed by atoms with Crippen LogP contribution in [0.1, 0.15) is 47.7 Å². The Morgan fingerprint density at radius 2 is 1.79 bits per heavy atom. The van der Waals surface area contributed by atoms with Crippen LogP contribution in [-0.2, 0) is 42.4 Å². The van der Waals surface area contributed by atoms with Crippen molar-refractivity contribution in [2.24, 2.45) is 14.1 Å². The van der Waals surface area contributed by atoms with E-state index in [0.717, 1.165) is 82.5 Å². The number of carbonyl (C=O) groups excluding carboxylic acids is 1. The van der Waals surface area contributed by atoms with Gasteiger partial charge in [0.15, 0.2) is 0 Å². The Bertz CT molecular complexity index is 2310. The number of fused-ring (bicyclic) bond motifs is 2. The number of ether oxygens (including phenoxy) is 1. The minimum absolute atomic E-state index is 0. The van der Waals surface area contributed by atoms with Gasteiger partial charge in [0.2, 0.25) is 5.88 Å². The zero-order chi connectivity index (χ0) is 36.0. The van der Waals surface area contributed by atoms with Gasteiger partial charge in [-0.2, -0.15) is 19.3 Å². The number of anilines is 2. The first-order valence-corrected chi connectivity index (χ1v) is 17.5. The number of likely N-dealkylation sites (tertiary alicyclic amines) is 1. The van der Waals surface area contributed by atoms with Crippen LogP contribution in [0.2, 0.25) is 5.02 Å². The van der Waals surface area contributed by atoms with Crippen LogP contribution < -0.4 is 26.6 Å². The zero-order valence-corrected chi connectivity index (χ0v) is 31.7. The van der Waals surface area contributed by atoms with Gasteiger partial charge in [-0.05, 0) is 74.7 Å². The van der Waals surface area contributed by atoms with Gasteiger partial charge in [-0.3, -0.25) is 19.8 Å². The second-order valence-electron chi connectivity index (χ2n) is 13.4. The second kappa shape index (κ2) is 15.2. The summed E-state index contributed by atoms with van der Waals surface area (Å²) in [4.78, 5) is 48.7. The third kappa shape index (κ3) is 6.65. The van der Waals surface area contributed by atoms with Crippen LogP contribution in [0.5, 0.6) is 5.88 Å². The number of rotatable bonds is 10. The van der Waals surface area contributed by atoms with Gasteiger partial charge in [-0.1, -0.05) is 41.9 Å². The van der Waals surface area contributed by atoms with E-state index in [2.05, 4.69) is 26.6 Å². The van der Waals surface area contributed by atoms with E-state index in [1.807, 2.05) is 50.2 Å². The Morgan fingerprint density at radius 3 is 2.56 bits per heavy atom. The number of pyridine rings is 2. The molecule has 13 heteroatoms. The molecule has 0 bridgehead atoms. The molecule has 269 valence electrons. The summed E-state index contributed by atoms with van der Waals surface area (Å²) in [5, 5.41) is 6.96. The van der Waals surface area contributed by atoms with Crippen LogP contribution >= 0.6 is 11.6 Å². The quantitative estimate of drug-likeness (QED) is 0.0806. The monoisotopic (exact) mass is 760 g/mol. The SMILES string of the molecule is COc1nc(-c2cccc(-c3cccc(Nc4nc(C)cc5c4c(=O)n(C)c(=O)n5C)c3C)c2Cl)cc2c1C(N1CC[C-](CCN[C-]=O)C1)CC2.[Mn+2]. The smallest absolute Gasteiger partial charge is 0.532 e. The van der Waals surface area contributed by atoms with Crippen LogP contribution in [0, 0.1) is 19.8 Å². The van der Waals surface area contributed by atoms with Crippen LogP contribution in [-0.4, -0.2) is 57.2 Å². The molecule has 1 unspecified atom stereocenters. The van der Waals surface area contributed by atoms with E-state index in [0.29, 0.717) is 39.9 Å². The predicted octanol–water partition coefficient (Wildman–Crippen LogP) is 5.70. The Labute approximate surface area is 317 Å². The summed E-state index contributed by atoms with van der Waals surface area (Å²) >= 11 is 7.25. The van der Waals surface area contributed by atoms with E-state index in [1.165, 1.54) is 23.1 Å². The zero-order valence-electron chi connectivity index (χ0n) is 29.8. The Balaban J connectivity index is 0.00000464. The van der Waals surface area contributed by atoms with Crippen molar-refractivity contribution in [1.29, 1.82) is 0 Å². The third-order valence-electron chi connectivity index (χ3n) is 10.4. The predicted molar refractivity (Wildman–Crippen MR) is 200 cm³/mol. The summed E-state index contributed by atoms with van der Waals surface area (Å²) < 4.78 is 8.49. The third-order valence-corrected chi connectivity index (χ3v) is 10.8. The topological polar surface area (TPSA) is 123 Å². The number of hydrogen-bond donors (Lipinski definition) is 2. The molecule has 11 nitrogen and oxygen atoms in total. The number of halogens is 1. The molecule has 1 aliphatic carbocycles. The Morgan fingerprint density at radius 1 is 1.04 bits per heavy atom. The summed E-state index contributed by atoms with van der Waals surface area (Å²) in [5.41, 5.74) is 7.74. The van der Waals surface area contributed by atoms with Crippen LogP contribution in [0.25, 0.3) is 33.3 Å². The summed E-state index contributed by atoms with van der Waals surface area (Å²) in [6.45, 7) is 6.34. The fourth-order valence-electron chi connectivity index (χ4n) is 7.68.